The van der Waals surface area contributed by atoms with Gasteiger partial charge >= 0.3 is 0 Å². The molecule has 0 aromatic heterocycles. The Hall–Kier alpha value is 0.270. The maximum Gasteiger partial charge on any atom is 0.0224 e. The predicted molar refractivity (Wildman–Crippen MR) is 89.5 cm³/mol. The van der Waals surface area contributed by atoms with Gasteiger partial charge in [0.15, 0.2) is 0 Å². The van der Waals surface area contributed by atoms with Crippen molar-refractivity contribution in [3.63, 3.8) is 0 Å². The van der Waals surface area contributed by atoms with E-state index in [1.54, 1.807) is 0 Å². The minimum Gasteiger partial charge on any atom is -0.311 e. The van der Waals surface area contributed by atoms with Gasteiger partial charge < -0.3 is 5.32 Å². The van der Waals surface area contributed by atoms with Crippen LogP contribution >= 0.6 is 11.8 Å². The minimum absolute atomic E-state index is 0.782. The summed E-state index contributed by atoms with van der Waals surface area (Å²) in [5.74, 6) is 2.36. The first-order chi connectivity index (χ1) is 9.86. The van der Waals surface area contributed by atoms with E-state index < -0.39 is 0 Å². The maximum atomic E-state index is 3.90. The average Bonchev–Trinajstić information content (AvgIpc) is 3.01. The second-order valence-corrected chi connectivity index (χ2v) is 8.47. The summed E-state index contributed by atoms with van der Waals surface area (Å²) in [7, 11) is 0. The highest BCUT2D eigenvalue weighted by atomic mass is 32.2. The minimum atomic E-state index is 0.782. The van der Waals surface area contributed by atoms with Crippen LogP contribution in [0.4, 0.5) is 0 Å². The van der Waals surface area contributed by atoms with Crippen molar-refractivity contribution >= 4 is 11.8 Å². The number of hydrogen-bond acceptors (Lipinski definition) is 3. The van der Waals surface area contributed by atoms with Gasteiger partial charge in [-0.25, -0.2) is 0 Å². The molecule has 1 aliphatic carbocycles. The topological polar surface area (TPSA) is 15.3 Å². The van der Waals surface area contributed by atoms with Crippen molar-refractivity contribution < 1.29 is 0 Å². The molecule has 0 aromatic carbocycles. The number of rotatable bonds is 4. The Morgan fingerprint density at radius 2 is 1.95 bits per heavy atom. The molecule has 3 atom stereocenters. The number of nitrogens with one attached hydrogen (secondary N) is 1. The first-order valence-corrected chi connectivity index (χ1v) is 10.0. The Morgan fingerprint density at radius 3 is 2.65 bits per heavy atom. The lowest BCUT2D eigenvalue weighted by Gasteiger charge is -2.44. The van der Waals surface area contributed by atoms with Crippen LogP contribution in [0.2, 0.25) is 0 Å². The predicted octanol–water partition coefficient (Wildman–Crippen LogP) is 3.51. The van der Waals surface area contributed by atoms with Gasteiger partial charge in [0.2, 0.25) is 0 Å². The van der Waals surface area contributed by atoms with E-state index in [1.165, 1.54) is 76.8 Å². The summed E-state index contributed by atoms with van der Waals surface area (Å²) in [5, 5.41) is 4.82. The molecule has 3 unspecified atom stereocenters. The summed E-state index contributed by atoms with van der Waals surface area (Å²) in [6.07, 6.45) is 11.6. The highest BCUT2D eigenvalue weighted by Gasteiger charge is 2.33. The highest BCUT2D eigenvalue weighted by Crippen LogP contribution is 2.31. The fourth-order valence-corrected chi connectivity index (χ4v) is 5.71. The van der Waals surface area contributed by atoms with Gasteiger partial charge in [0, 0.05) is 37.0 Å². The number of piperazine rings is 1. The van der Waals surface area contributed by atoms with Crippen LogP contribution in [0.3, 0.4) is 0 Å². The van der Waals surface area contributed by atoms with Gasteiger partial charge in [-0.2, -0.15) is 11.8 Å². The van der Waals surface area contributed by atoms with Gasteiger partial charge in [0.05, 0.1) is 0 Å². The Balaban J connectivity index is 1.56. The van der Waals surface area contributed by atoms with Crippen molar-refractivity contribution in [1.29, 1.82) is 0 Å². The molecule has 3 rings (SSSR count). The molecule has 2 aliphatic heterocycles. The third-order valence-electron chi connectivity index (χ3n) is 5.72. The monoisotopic (exact) mass is 296 g/mol. The fourth-order valence-electron chi connectivity index (χ4n) is 4.41. The van der Waals surface area contributed by atoms with E-state index in [1.807, 2.05) is 0 Å². The number of hydrogen-bond donors (Lipinski definition) is 1. The van der Waals surface area contributed by atoms with Crippen LogP contribution in [0.25, 0.3) is 0 Å². The van der Waals surface area contributed by atoms with Crippen LogP contribution < -0.4 is 5.32 Å². The molecule has 0 spiro atoms. The molecule has 116 valence electrons. The fraction of sp³-hybridized carbons (Fsp3) is 1.00. The van der Waals surface area contributed by atoms with E-state index in [9.17, 15) is 0 Å². The second kappa shape index (κ2) is 7.51. The molecule has 2 nitrogen and oxygen atoms in total. The highest BCUT2D eigenvalue weighted by molar-refractivity contribution is 8.00. The summed E-state index contributed by atoms with van der Waals surface area (Å²) in [5.41, 5.74) is 0. The first-order valence-electron chi connectivity index (χ1n) is 8.96. The van der Waals surface area contributed by atoms with Crippen molar-refractivity contribution in [3.8, 4) is 0 Å². The molecule has 1 N–H and O–H groups in total. The summed E-state index contributed by atoms with van der Waals surface area (Å²) < 4.78 is 0. The van der Waals surface area contributed by atoms with Gasteiger partial charge in [-0.1, -0.05) is 26.2 Å². The van der Waals surface area contributed by atoms with Crippen molar-refractivity contribution in [2.75, 3.05) is 25.4 Å². The van der Waals surface area contributed by atoms with Gasteiger partial charge in [0.1, 0.15) is 0 Å². The third kappa shape index (κ3) is 3.72. The smallest absolute Gasteiger partial charge is 0.0224 e. The standard InChI is InChI=1S/C17H32N2S/c1-2-15-11-18-17(14-7-4-3-5-8-14)13-19(15)12-16-9-6-10-20-16/h14-18H,2-13H2,1H3. The summed E-state index contributed by atoms with van der Waals surface area (Å²) in [6.45, 7) is 6.27. The van der Waals surface area contributed by atoms with E-state index in [0.717, 1.165) is 23.3 Å². The lowest BCUT2D eigenvalue weighted by molar-refractivity contribution is 0.0938. The molecule has 2 saturated heterocycles. The van der Waals surface area contributed by atoms with Crippen molar-refractivity contribution in [2.45, 2.75) is 75.6 Å². The van der Waals surface area contributed by atoms with E-state index in [0.29, 0.717) is 0 Å². The third-order valence-corrected chi connectivity index (χ3v) is 7.10. The molecule has 3 fully saturated rings. The van der Waals surface area contributed by atoms with Gasteiger partial charge in [-0.3, -0.25) is 4.90 Å². The molecule has 2 heterocycles. The Bertz CT molecular complexity index is 285. The number of thioether (sulfide) groups is 1. The molecule has 1 saturated carbocycles. The van der Waals surface area contributed by atoms with Crippen LogP contribution in [-0.2, 0) is 0 Å². The van der Waals surface area contributed by atoms with E-state index in [-0.39, 0.29) is 0 Å². The molecule has 0 radical (unpaired) electrons. The normalized spacial score (nSPS) is 37.4. The van der Waals surface area contributed by atoms with Crippen LogP contribution in [0.15, 0.2) is 0 Å². The SMILES string of the molecule is CCC1CNC(C2CCCCC2)CN1CC1CCCS1. The molecule has 3 aliphatic rings. The molecular weight excluding hydrogens is 264 g/mol. The molecule has 0 amide bonds. The van der Waals surface area contributed by atoms with Crippen LogP contribution in [-0.4, -0.2) is 47.6 Å². The summed E-state index contributed by atoms with van der Waals surface area (Å²) in [6, 6.07) is 1.57. The second-order valence-electron chi connectivity index (χ2n) is 7.06. The molecule has 3 heteroatoms. The molecule has 20 heavy (non-hydrogen) atoms. The quantitative estimate of drug-likeness (QED) is 0.854. The lowest BCUT2D eigenvalue weighted by atomic mass is 9.82. The van der Waals surface area contributed by atoms with Crippen molar-refractivity contribution in [3.05, 3.63) is 0 Å². The van der Waals surface area contributed by atoms with Crippen LogP contribution in [0, 0.1) is 5.92 Å². The van der Waals surface area contributed by atoms with Crippen molar-refractivity contribution in [2.24, 2.45) is 5.92 Å². The average molecular weight is 297 g/mol. The van der Waals surface area contributed by atoms with Crippen LogP contribution in [0.5, 0.6) is 0 Å². The van der Waals surface area contributed by atoms with Gasteiger partial charge in [-0.05, 0) is 43.8 Å². The summed E-state index contributed by atoms with van der Waals surface area (Å²) in [4.78, 5) is 2.85. The van der Waals surface area contributed by atoms with Crippen LogP contribution in [0.1, 0.15) is 58.3 Å². The Labute approximate surface area is 129 Å². The van der Waals surface area contributed by atoms with E-state index in [2.05, 4.69) is 28.9 Å². The zero-order chi connectivity index (χ0) is 13.8. The largest absolute Gasteiger partial charge is 0.311 e. The lowest BCUT2D eigenvalue weighted by Crippen LogP contribution is -2.59. The van der Waals surface area contributed by atoms with E-state index >= 15 is 0 Å². The zero-order valence-corrected chi connectivity index (χ0v) is 14.0. The summed E-state index contributed by atoms with van der Waals surface area (Å²) >= 11 is 2.22. The number of nitrogens with zero attached hydrogens (tertiary/aromatic N) is 1. The molecule has 0 aromatic rings. The Kier molecular flexibility index (Phi) is 5.70. The van der Waals surface area contributed by atoms with Crippen molar-refractivity contribution in [1.82, 2.24) is 10.2 Å². The molecular formula is C17H32N2S. The molecule has 0 bridgehead atoms. The van der Waals surface area contributed by atoms with E-state index in [4.69, 9.17) is 0 Å². The van der Waals surface area contributed by atoms with Gasteiger partial charge in [0.25, 0.3) is 0 Å². The first kappa shape index (κ1) is 15.2. The zero-order valence-electron chi connectivity index (χ0n) is 13.2. The van der Waals surface area contributed by atoms with Gasteiger partial charge in [-0.15, -0.1) is 0 Å². The maximum absolute atomic E-state index is 3.90. The Morgan fingerprint density at radius 1 is 1.10 bits per heavy atom.